The number of carboxylic acid groups (broad SMARTS) is 1. The molecule has 0 radical (unpaired) electrons. The molecule has 1 heterocycles. The molecule has 1 atom stereocenters. The summed E-state index contributed by atoms with van der Waals surface area (Å²) in [5.41, 5.74) is 3.89. The van der Waals surface area contributed by atoms with E-state index < -0.39 is 36.0 Å². The van der Waals surface area contributed by atoms with E-state index in [1.165, 1.54) is 0 Å². The Labute approximate surface area is 198 Å². The Bertz CT molecular complexity index is 1020. The quantitative estimate of drug-likeness (QED) is 0.549. The first-order chi connectivity index (χ1) is 16.4. The van der Waals surface area contributed by atoms with Gasteiger partial charge < -0.3 is 25.2 Å². The zero-order valence-corrected chi connectivity index (χ0v) is 19.2. The average Bonchev–Trinajstić information content (AvgIpc) is 3.16. The minimum Gasteiger partial charge on any atom is -0.481 e. The van der Waals surface area contributed by atoms with Crippen molar-refractivity contribution in [3.8, 4) is 11.1 Å². The Morgan fingerprint density at radius 2 is 1.65 bits per heavy atom. The fraction of sp³-hybridized carbons (Fsp3) is 0.423. The second kappa shape index (κ2) is 10.3. The number of aliphatic carboxylic acids is 1. The molecule has 1 unspecified atom stereocenters. The lowest BCUT2D eigenvalue weighted by Gasteiger charge is -2.38. The first-order valence-corrected chi connectivity index (χ1v) is 11.7. The molecule has 1 saturated heterocycles. The highest BCUT2D eigenvalue weighted by atomic mass is 16.5. The van der Waals surface area contributed by atoms with Crippen LogP contribution in [0.2, 0.25) is 0 Å². The molecule has 8 nitrogen and oxygen atoms in total. The zero-order chi connectivity index (χ0) is 24.1. The van der Waals surface area contributed by atoms with Gasteiger partial charge in [0.25, 0.3) is 0 Å². The van der Waals surface area contributed by atoms with Crippen LogP contribution in [0.3, 0.4) is 0 Å². The summed E-state index contributed by atoms with van der Waals surface area (Å²) in [7, 11) is 0. The summed E-state index contributed by atoms with van der Waals surface area (Å²) in [5, 5.41) is 14.7. The smallest absolute Gasteiger partial charge is 0.407 e. The fourth-order valence-corrected chi connectivity index (χ4v) is 4.84. The molecule has 1 aliphatic carbocycles. The van der Waals surface area contributed by atoms with E-state index in [1.807, 2.05) is 55.5 Å². The van der Waals surface area contributed by atoms with Gasteiger partial charge in [0.15, 0.2) is 0 Å². The maximum absolute atomic E-state index is 12.9. The predicted molar refractivity (Wildman–Crippen MR) is 125 cm³/mol. The van der Waals surface area contributed by atoms with Gasteiger partial charge in [-0.2, -0.15) is 0 Å². The van der Waals surface area contributed by atoms with Gasteiger partial charge in [0.2, 0.25) is 5.91 Å². The zero-order valence-electron chi connectivity index (χ0n) is 19.2. The standard InChI is InChI=1S/C26H30N2O6/c1-2-26(11-13-33-14-12-26)28-24(31)22(15-23(29)30)27-25(32)34-16-21-19-9-5-3-7-17(19)18-8-4-6-10-20(18)21/h3-10,21-22H,2,11-16H2,1H3,(H,27,32)(H,28,31)(H,29,30). The Morgan fingerprint density at radius 3 is 2.21 bits per heavy atom. The van der Waals surface area contributed by atoms with Crippen LogP contribution in [0.1, 0.15) is 49.7 Å². The number of benzene rings is 2. The molecule has 34 heavy (non-hydrogen) atoms. The molecule has 2 aromatic rings. The van der Waals surface area contributed by atoms with E-state index in [9.17, 15) is 19.5 Å². The van der Waals surface area contributed by atoms with Crippen LogP contribution in [-0.2, 0) is 19.1 Å². The van der Waals surface area contributed by atoms with Crippen LogP contribution in [0.4, 0.5) is 4.79 Å². The number of carbonyl (C=O) groups excluding carboxylic acids is 2. The van der Waals surface area contributed by atoms with Crippen LogP contribution < -0.4 is 10.6 Å². The number of hydrogen-bond donors (Lipinski definition) is 3. The number of carboxylic acids is 1. The van der Waals surface area contributed by atoms with Crippen LogP contribution in [0.15, 0.2) is 48.5 Å². The van der Waals surface area contributed by atoms with Crippen molar-refractivity contribution in [1.29, 1.82) is 0 Å². The fourth-order valence-electron chi connectivity index (χ4n) is 4.84. The Hall–Kier alpha value is -3.39. The largest absolute Gasteiger partial charge is 0.481 e. The van der Waals surface area contributed by atoms with Gasteiger partial charge in [-0.3, -0.25) is 9.59 Å². The van der Waals surface area contributed by atoms with Crippen LogP contribution in [0.25, 0.3) is 11.1 Å². The molecule has 0 aromatic heterocycles. The van der Waals surface area contributed by atoms with Gasteiger partial charge in [-0.05, 0) is 41.5 Å². The maximum Gasteiger partial charge on any atom is 0.407 e. The van der Waals surface area contributed by atoms with E-state index in [2.05, 4.69) is 10.6 Å². The Kier molecular flexibility index (Phi) is 7.17. The van der Waals surface area contributed by atoms with Gasteiger partial charge in [0.05, 0.1) is 6.42 Å². The van der Waals surface area contributed by atoms with Crippen molar-refractivity contribution in [3.05, 3.63) is 59.7 Å². The number of nitrogens with one attached hydrogen (secondary N) is 2. The highest BCUT2D eigenvalue weighted by molar-refractivity contribution is 5.89. The van der Waals surface area contributed by atoms with E-state index in [0.29, 0.717) is 32.5 Å². The second-order valence-corrected chi connectivity index (χ2v) is 8.86. The van der Waals surface area contributed by atoms with Crippen molar-refractivity contribution in [3.63, 3.8) is 0 Å². The molecule has 1 fully saturated rings. The van der Waals surface area contributed by atoms with E-state index in [4.69, 9.17) is 9.47 Å². The third-order valence-corrected chi connectivity index (χ3v) is 6.85. The number of hydrogen-bond acceptors (Lipinski definition) is 5. The summed E-state index contributed by atoms with van der Waals surface area (Å²) in [5.74, 6) is -1.84. The monoisotopic (exact) mass is 466 g/mol. The molecular weight excluding hydrogens is 436 g/mol. The lowest BCUT2D eigenvalue weighted by Crippen LogP contribution is -2.57. The topological polar surface area (TPSA) is 114 Å². The number of carbonyl (C=O) groups is 3. The third-order valence-electron chi connectivity index (χ3n) is 6.85. The van der Waals surface area contributed by atoms with Crippen molar-refractivity contribution in [1.82, 2.24) is 10.6 Å². The van der Waals surface area contributed by atoms with Crippen LogP contribution in [0.5, 0.6) is 0 Å². The van der Waals surface area contributed by atoms with Crippen molar-refractivity contribution < 1.29 is 29.0 Å². The minimum atomic E-state index is -1.24. The number of alkyl carbamates (subject to hydrolysis) is 1. The first-order valence-electron chi connectivity index (χ1n) is 11.7. The summed E-state index contributed by atoms with van der Waals surface area (Å²) in [6.45, 7) is 3.10. The highest BCUT2D eigenvalue weighted by Crippen LogP contribution is 2.44. The Balaban J connectivity index is 1.42. The molecule has 3 N–H and O–H groups in total. The van der Waals surface area contributed by atoms with Gasteiger partial charge in [-0.15, -0.1) is 0 Å². The van der Waals surface area contributed by atoms with Crippen LogP contribution >= 0.6 is 0 Å². The predicted octanol–water partition coefficient (Wildman–Crippen LogP) is 3.44. The first kappa shape index (κ1) is 23.8. The van der Waals surface area contributed by atoms with Crippen LogP contribution in [-0.4, -0.2) is 54.5 Å². The van der Waals surface area contributed by atoms with Crippen molar-refractivity contribution in [2.45, 2.75) is 50.1 Å². The highest BCUT2D eigenvalue weighted by Gasteiger charge is 2.36. The summed E-state index contributed by atoms with van der Waals surface area (Å²) in [6, 6.07) is 14.7. The van der Waals surface area contributed by atoms with Gasteiger partial charge in [0.1, 0.15) is 12.6 Å². The lowest BCUT2D eigenvalue weighted by molar-refractivity contribution is -0.140. The SMILES string of the molecule is CCC1(NC(=O)C(CC(=O)O)NC(=O)OCC2c3ccccc3-c3ccccc32)CCOCC1. The van der Waals surface area contributed by atoms with E-state index in [1.54, 1.807) is 0 Å². The minimum absolute atomic E-state index is 0.0809. The van der Waals surface area contributed by atoms with E-state index >= 15 is 0 Å². The average molecular weight is 467 g/mol. The van der Waals surface area contributed by atoms with Gasteiger partial charge in [-0.1, -0.05) is 55.5 Å². The summed E-state index contributed by atoms with van der Waals surface area (Å²) < 4.78 is 10.9. The number of ether oxygens (including phenoxy) is 2. The van der Waals surface area contributed by atoms with Gasteiger partial charge in [0, 0.05) is 24.7 Å². The molecule has 0 spiro atoms. The van der Waals surface area contributed by atoms with Crippen LogP contribution in [0, 0.1) is 0 Å². The summed E-state index contributed by atoms with van der Waals surface area (Å²) in [6.07, 6.45) is 0.611. The van der Waals surface area contributed by atoms with Crippen molar-refractivity contribution in [2.75, 3.05) is 19.8 Å². The summed E-state index contributed by atoms with van der Waals surface area (Å²) >= 11 is 0. The van der Waals surface area contributed by atoms with Gasteiger partial charge in [-0.25, -0.2) is 4.79 Å². The van der Waals surface area contributed by atoms with E-state index in [-0.39, 0.29) is 12.5 Å². The lowest BCUT2D eigenvalue weighted by atomic mass is 9.87. The second-order valence-electron chi connectivity index (χ2n) is 8.86. The molecule has 4 rings (SSSR count). The molecule has 180 valence electrons. The maximum atomic E-state index is 12.9. The summed E-state index contributed by atoms with van der Waals surface area (Å²) in [4.78, 5) is 37.0. The molecule has 8 heteroatoms. The molecule has 0 saturated carbocycles. The normalized spacial score (nSPS) is 17.2. The third kappa shape index (κ3) is 5.07. The molecule has 2 aliphatic rings. The molecule has 2 amide bonds. The number of fused-ring (bicyclic) bond motifs is 3. The molecular formula is C26H30N2O6. The molecule has 2 aromatic carbocycles. The molecule has 0 bridgehead atoms. The number of rotatable bonds is 8. The van der Waals surface area contributed by atoms with E-state index in [0.717, 1.165) is 22.3 Å². The van der Waals surface area contributed by atoms with Gasteiger partial charge >= 0.3 is 12.1 Å². The molecule has 1 aliphatic heterocycles. The van der Waals surface area contributed by atoms with Crippen molar-refractivity contribution >= 4 is 18.0 Å². The van der Waals surface area contributed by atoms with Crippen molar-refractivity contribution in [2.24, 2.45) is 0 Å². The number of amides is 2. The Morgan fingerprint density at radius 1 is 1.06 bits per heavy atom.